The number of imidazole rings is 1. The van der Waals surface area contributed by atoms with Gasteiger partial charge >= 0.3 is 6.09 Å². The van der Waals surface area contributed by atoms with Gasteiger partial charge in [0.2, 0.25) is 5.91 Å². The van der Waals surface area contributed by atoms with Crippen molar-refractivity contribution in [2.75, 3.05) is 24.4 Å². The van der Waals surface area contributed by atoms with Crippen molar-refractivity contribution in [3.8, 4) is 22.7 Å². The van der Waals surface area contributed by atoms with E-state index >= 15 is 0 Å². The number of methoxy groups -OCH3 is 1. The quantitative estimate of drug-likeness (QED) is 0.252. The Morgan fingerprint density at radius 3 is 2.88 bits per heavy atom. The van der Waals surface area contributed by atoms with E-state index in [-0.39, 0.29) is 0 Å². The van der Waals surface area contributed by atoms with Gasteiger partial charge in [-0.3, -0.25) is 10.1 Å². The van der Waals surface area contributed by atoms with Crippen LogP contribution in [0.15, 0.2) is 48.9 Å². The summed E-state index contributed by atoms with van der Waals surface area (Å²) < 4.78 is 12.5. The van der Waals surface area contributed by atoms with Gasteiger partial charge in [-0.15, -0.1) is 5.10 Å². The van der Waals surface area contributed by atoms with E-state index in [0.717, 1.165) is 37.9 Å². The number of carbonyl (C=O) groups excluding carboxylic acids is 2. The SMILES string of the molecule is COC(=O)Nc1cc(NC(=O)C=Cc2cc(Cl)ccc2-n2cnnn2)c2c(c1)OCC[C@@H](C)CCCCc1ncc-2[nH]1. The van der Waals surface area contributed by atoms with Crippen LogP contribution in [0.3, 0.4) is 0 Å². The molecule has 4 aromatic rings. The number of ether oxygens (including phenoxy) is 2. The predicted octanol–water partition coefficient (Wildman–Crippen LogP) is 5.67. The molecule has 2 amide bonds. The molecule has 0 fully saturated rings. The fourth-order valence-electron chi connectivity index (χ4n) is 4.74. The molecule has 0 aliphatic carbocycles. The van der Waals surface area contributed by atoms with E-state index in [1.807, 2.05) is 0 Å². The zero-order valence-corrected chi connectivity index (χ0v) is 24.0. The molecule has 3 heterocycles. The van der Waals surface area contributed by atoms with Gasteiger partial charge in [0.05, 0.1) is 42.5 Å². The number of nitrogens with one attached hydrogen (secondary N) is 3. The largest absolute Gasteiger partial charge is 0.493 e. The second-order valence-electron chi connectivity index (χ2n) is 10.0. The highest BCUT2D eigenvalue weighted by Crippen LogP contribution is 2.40. The number of halogens is 1. The summed E-state index contributed by atoms with van der Waals surface area (Å²) in [7, 11) is 1.28. The molecule has 0 saturated heterocycles. The first-order valence-corrected chi connectivity index (χ1v) is 14.0. The molecule has 2 aromatic carbocycles. The Kier molecular flexibility index (Phi) is 9.12. The fourth-order valence-corrected chi connectivity index (χ4v) is 4.92. The molecular formula is C29H31ClN8O4. The topological polar surface area (TPSA) is 149 Å². The van der Waals surface area contributed by atoms with Crippen LogP contribution in [0.1, 0.15) is 44.0 Å². The molecule has 13 heteroatoms. The smallest absolute Gasteiger partial charge is 0.411 e. The summed E-state index contributed by atoms with van der Waals surface area (Å²) in [5.41, 5.74) is 3.40. The number of anilines is 2. The molecule has 1 atom stereocenters. The van der Waals surface area contributed by atoms with Crippen molar-refractivity contribution in [3.05, 3.63) is 65.3 Å². The summed E-state index contributed by atoms with van der Waals surface area (Å²) in [6.45, 7) is 2.69. The van der Waals surface area contributed by atoms with Crippen LogP contribution in [-0.4, -0.2) is 55.9 Å². The van der Waals surface area contributed by atoms with Gasteiger partial charge in [-0.05, 0) is 59.5 Å². The maximum atomic E-state index is 13.3. The van der Waals surface area contributed by atoms with E-state index in [1.165, 1.54) is 24.2 Å². The summed E-state index contributed by atoms with van der Waals surface area (Å²) in [5.74, 6) is 1.41. The Balaban J connectivity index is 1.51. The monoisotopic (exact) mass is 590 g/mol. The number of aromatic nitrogens is 6. The van der Waals surface area contributed by atoms with Gasteiger partial charge in [-0.1, -0.05) is 31.4 Å². The van der Waals surface area contributed by atoms with Gasteiger partial charge in [-0.25, -0.2) is 9.78 Å². The molecule has 218 valence electrons. The number of hydrogen-bond acceptors (Lipinski definition) is 8. The van der Waals surface area contributed by atoms with Crippen molar-refractivity contribution >= 4 is 41.1 Å². The molecule has 0 saturated carbocycles. The number of fused-ring (bicyclic) bond motifs is 4. The van der Waals surface area contributed by atoms with Gasteiger partial charge in [0.15, 0.2) is 0 Å². The molecular weight excluding hydrogens is 560 g/mol. The first-order chi connectivity index (χ1) is 20.4. The van der Waals surface area contributed by atoms with Crippen molar-refractivity contribution in [1.82, 2.24) is 30.2 Å². The third kappa shape index (κ3) is 7.13. The van der Waals surface area contributed by atoms with E-state index in [4.69, 9.17) is 21.1 Å². The minimum absolute atomic E-state index is 0.396. The van der Waals surface area contributed by atoms with Gasteiger partial charge in [0.25, 0.3) is 0 Å². The van der Waals surface area contributed by atoms with Crippen LogP contribution < -0.4 is 15.4 Å². The Hall–Kier alpha value is -4.71. The van der Waals surface area contributed by atoms with Crippen molar-refractivity contribution < 1.29 is 19.1 Å². The zero-order valence-electron chi connectivity index (χ0n) is 23.3. The molecule has 5 rings (SSSR count). The van der Waals surface area contributed by atoms with Crippen LogP contribution in [-0.2, 0) is 16.0 Å². The number of nitrogens with zero attached hydrogens (tertiary/aromatic N) is 5. The van der Waals surface area contributed by atoms with Crippen LogP contribution in [0.4, 0.5) is 16.2 Å². The Morgan fingerprint density at radius 2 is 2.07 bits per heavy atom. The second kappa shape index (κ2) is 13.3. The summed E-state index contributed by atoms with van der Waals surface area (Å²) in [6, 6.07) is 8.54. The van der Waals surface area contributed by atoms with Gasteiger partial charge in [0.1, 0.15) is 17.9 Å². The zero-order chi connectivity index (χ0) is 29.5. The van der Waals surface area contributed by atoms with Crippen LogP contribution in [0.2, 0.25) is 5.02 Å². The molecule has 0 unspecified atom stereocenters. The minimum Gasteiger partial charge on any atom is -0.493 e. The van der Waals surface area contributed by atoms with Crippen molar-refractivity contribution in [1.29, 1.82) is 0 Å². The van der Waals surface area contributed by atoms with Gasteiger partial charge in [-0.2, -0.15) is 4.68 Å². The molecule has 42 heavy (non-hydrogen) atoms. The maximum absolute atomic E-state index is 13.3. The maximum Gasteiger partial charge on any atom is 0.411 e. The molecule has 2 aromatic heterocycles. The number of hydrogen-bond donors (Lipinski definition) is 3. The molecule has 12 nitrogen and oxygen atoms in total. The van der Waals surface area contributed by atoms with E-state index in [9.17, 15) is 9.59 Å². The van der Waals surface area contributed by atoms with Crippen molar-refractivity contribution in [3.63, 3.8) is 0 Å². The lowest BCUT2D eigenvalue weighted by atomic mass is 10.0. The summed E-state index contributed by atoms with van der Waals surface area (Å²) in [6.07, 6.45) is 10.5. The third-order valence-corrected chi connectivity index (χ3v) is 7.15. The molecule has 3 N–H and O–H groups in total. The first-order valence-electron chi connectivity index (χ1n) is 13.6. The highest BCUT2D eigenvalue weighted by Gasteiger charge is 2.20. The standard InChI is InChI=1S/C29H31ClN8O4/c1-18-5-3-4-6-26-31-16-23(34-26)28-22(14-21(33-29(40)41-2)15-25(28)42-12-11-18)35-27(39)10-7-19-13-20(30)8-9-24(19)38-17-32-36-37-38/h7-10,13-18H,3-6,11-12H2,1-2H3,(H,31,34)(H,33,40)(H,35,39)/t18-/m0/s1. The Bertz CT molecular complexity index is 1580. The van der Waals surface area contributed by atoms with Crippen molar-refractivity contribution in [2.45, 2.75) is 39.0 Å². The summed E-state index contributed by atoms with van der Waals surface area (Å²) >= 11 is 6.23. The van der Waals surface area contributed by atoms with E-state index < -0.39 is 12.0 Å². The van der Waals surface area contributed by atoms with E-state index in [1.54, 1.807) is 42.6 Å². The average Bonchev–Trinajstić information content (AvgIpc) is 3.67. The average molecular weight is 591 g/mol. The lowest BCUT2D eigenvalue weighted by Gasteiger charge is -2.18. The Labute approximate surface area is 247 Å². The van der Waals surface area contributed by atoms with Crippen LogP contribution >= 0.6 is 11.6 Å². The van der Waals surface area contributed by atoms with E-state index in [0.29, 0.717) is 57.2 Å². The third-order valence-electron chi connectivity index (χ3n) is 6.92. The molecule has 1 aliphatic rings. The minimum atomic E-state index is -0.648. The highest BCUT2D eigenvalue weighted by atomic mass is 35.5. The van der Waals surface area contributed by atoms with Gasteiger partial charge in [0, 0.05) is 34.8 Å². The van der Waals surface area contributed by atoms with Crippen molar-refractivity contribution in [2.24, 2.45) is 5.92 Å². The summed E-state index contributed by atoms with van der Waals surface area (Å²) in [5, 5.41) is 17.4. The number of carbonyl (C=O) groups is 2. The number of rotatable bonds is 5. The molecule has 2 bridgehead atoms. The number of H-pyrrole nitrogens is 1. The Morgan fingerprint density at radius 1 is 1.19 bits per heavy atom. The normalized spacial score (nSPS) is 15.5. The molecule has 0 radical (unpaired) electrons. The second-order valence-corrected chi connectivity index (χ2v) is 10.5. The number of aryl methyl sites for hydroxylation is 1. The number of aromatic amines is 1. The van der Waals surface area contributed by atoms with E-state index in [2.05, 4.69) is 43.1 Å². The summed E-state index contributed by atoms with van der Waals surface area (Å²) in [4.78, 5) is 33.3. The van der Waals surface area contributed by atoms with Crippen LogP contribution in [0.25, 0.3) is 23.0 Å². The molecule has 1 aliphatic heterocycles. The number of tetrazole rings is 1. The number of benzene rings is 2. The number of amides is 2. The highest BCUT2D eigenvalue weighted by molar-refractivity contribution is 6.30. The molecule has 0 spiro atoms. The van der Waals surface area contributed by atoms with Crippen LogP contribution in [0, 0.1) is 5.92 Å². The fraction of sp³-hybridized carbons (Fsp3) is 0.310. The first kappa shape index (κ1) is 28.8. The lowest BCUT2D eigenvalue weighted by Crippen LogP contribution is -2.14. The lowest BCUT2D eigenvalue weighted by molar-refractivity contribution is -0.111. The predicted molar refractivity (Wildman–Crippen MR) is 159 cm³/mol. The van der Waals surface area contributed by atoms with Crippen LogP contribution in [0.5, 0.6) is 5.75 Å². The van der Waals surface area contributed by atoms with Gasteiger partial charge < -0.3 is 19.8 Å².